The molecule has 2 aromatic carbocycles. The molecule has 0 spiro atoms. The van der Waals surface area contributed by atoms with E-state index in [1.807, 2.05) is 55.5 Å². The van der Waals surface area contributed by atoms with Crippen LogP contribution < -0.4 is 15.4 Å². The molecule has 0 fully saturated rings. The van der Waals surface area contributed by atoms with Gasteiger partial charge in [0.15, 0.2) is 0 Å². The van der Waals surface area contributed by atoms with Crippen molar-refractivity contribution in [2.45, 2.75) is 32.9 Å². The molecule has 1 unspecified atom stereocenters. The average Bonchev–Trinajstić information content (AvgIpc) is 2.55. The number of carbonyl (C=O) groups is 1. The van der Waals surface area contributed by atoms with Crippen molar-refractivity contribution in [2.75, 3.05) is 11.9 Å². The van der Waals surface area contributed by atoms with E-state index in [1.165, 1.54) is 0 Å². The Hall–Kier alpha value is -2.49. The lowest BCUT2D eigenvalue weighted by Gasteiger charge is -2.38. The van der Waals surface area contributed by atoms with Gasteiger partial charge in [0.1, 0.15) is 11.4 Å². The fourth-order valence-electron chi connectivity index (χ4n) is 2.83. The smallest absolute Gasteiger partial charge is 0.255 e. The molecule has 1 atom stereocenters. The lowest BCUT2D eigenvalue weighted by Crippen LogP contribution is -2.52. The fourth-order valence-corrected chi connectivity index (χ4v) is 2.83. The van der Waals surface area contributed by atoms with Gasteiger partial charge < -0.3 is 15.4 Å². The molecule has 4 heteroatoms. The number of fused-ring (bicyclic) bond motifs is 1. The van der Waals surface area contributed by atoms with Crippen molar-refractivity contribution in [3.63, 3.8) is 0 Å². The number of carbonyl (C=O) groups excluding carboxylic acids is 1. The van der Waals surface area contributed by atoms with Crippen LogP contribution in [0, 0.1) is 5.92 Å². The first-order valence-corrected chi connectivity index (χ1v) is 8.41. The zero-order valence-corrected chi connectivity index (χ0v) is 14.4. The minimum Gasteiger partial charge on any atom is -0.494 e. The highest BCUT2D eigenvalue weighted by Gasteiger charge is 2.34. The predicted molar refractivity (Wildman–Crippen MR) is 96.3 cm³/mol. The number of benzene rings is 2. The van der Waals surface area contributed by atoms with Gasteiger partial charge >= 0.3 is 0 Å². The van der Waals surface area contributed by atoms with Crippen molar-refractivity contribution >= 4 is 11.6 Å². The molecule has 0 bridgehead atoms. The minimum atomic E-state index is -0.637. The van der Waals surface area contributed by atoms with E-state index in [1.54, 1.807) is 0 Å². The van der Waals surface area contributed by atoms with Gasteiger partial charge in [0.05, 0.1) is 12.2 Å². The number of hydrogen-bond donors (Lipinski definition) is 2. The number of amides is 1. The summed E-state index contributed by atoms with van der Waals surface area (Å²) in [5.74, 6) is 1.42. The molecule has 126 valence electrons. The number of anilines is 1. The molecule has 0 saturated carbocycles. The van der Waals surface area contributed by atoms with Gasteiger partial charge in [0.2, 0.25) is 0 Å². The highest BCUT2D eigenvalue weighted by Crippen LogP contribution is 2.31. The molecule has 0 aliphatic carbocycles. The van der Waals surface area contributed by atoms with Crippen molar-refractivity contribution in [2.24, 2.45) is 5.92 Å². The van der Waals surface area contributed by atoms with Crippen LogP contribution in [0.1, 0.15) is 43.1 Å². The van der Waals surface area contributed by atoms with Gasteiger partial charge in [-0.3, -0.25) is 4.79 Å². The summed E-state index contributed by atoms with van der Waals surface area (Å²) in [5.41, 5.74) is 1.87. The molecular formula is C20H24N2O2. The number of ether oxygens (including phenoxy) is 1. The summed E-state index contributed by atoms with van der Waals surface area (Å²) in [4.78, 5) is 12.4. The molecule has 0 radical (unpaired) electrons. The quantitative estimate of drug-likeness (QED) is 0.869. The SMILES string of the molecule is CC(C)CCOc1ccc(C2(C)NC(=O)c3ccccc3N2)cc1. The average molecular weight is 324 g/mol. The predicted octanol–water partition coefficient (Wildman–Crippen LogP) is 4.14. The molecule has 1 aliphatic rings. The van der Waals surface area contributed by atoms with Crippen LogP contribution in [0.4, 0.5) is 5.69 Å². The molecule has 1 aliphatic heterocycles. The van der Waals surface area contributed by atoms with E-state index in [4.69, 9.17) is 4.74 Å². The summed E-state index contributed by atoms with van der Waals surface area (Å²) >= 11 is 0. The van der Waals surface area contributed by atoms with E-state index in [0.29, 0.717) is 11.5 Å². The Labute approximate surface area is 143 Å². The Balaban J connectivity index is 1.75. The monoisotopic (exact) mass is 324 g/mol. The summed E-state index contributed by atoms with van der Waals surface area (Å²) in [5, 5.41) is 6.48. The number of nitrogens with one attached hydrogen (secondary N) is 2. The van der Waals surface area contributed by atoms with E-state index in [2.05, 4.69) is 24.5 Å². The first-order chi connectivity index (χ1) is 11.5. The summed E-state index contributed by atoms with van der Waals surface area (Å²) < 4.78 is 5.76. The normalized spacial score (nSPS) is 19.4. The molecule has 1 heterocycles. The molecule has 2 N–H and O–H groups in total. The first-order valence-electron chi connectivity index (χ1n) is 8.41. The zero-order valence-electron chi connectivity index (χ0n) is 14.4. The third-order valence-corrected chi connectivity index (χ3v) is 4.32. The summed E-state index contributed by atoms with van der Waals surface area (Å²) in [6, 6.07) is 15.4. The third-order valence-electron chi connectivity index (χ3n) is 4.32. The molecule has 2 aromatic rings. The second-order valence-corrected chi connectivity index (χ2v) is 6.81. The van der Waals surface area contributed by atoms with Gasteiger partial charge in [-0.05, 0) is 49.1 Å². The van der Waals surface area contributed by atoms with Crippen LogP contribution in [0.5, 0.6) is 5.75 Å². The van der Waals surface area contributed by atoms with Gasteiger partial charge in [-0.1, -0.05) is 38.1 Å². The molecular weight excluding hydrogens is 300 g/mol. The molecule has 4 nitrogen and oxygen atoms in total. The maximum absolute atomic E-state index is 12.4. The van der Waals surface area contributed by atoms with E-state index in [9.17, 15) is 4.79 Å². The van der Waals surface area contributed by atoms with Crippen LogP contribution in [0.15, 0.2) is 48.5 Å². The van der Waals surface area contributed by atoms with E-state index in [-0.39, 0.29) is 5.91 Å². The maximum Gasteiger partial charge on any atom is 0.255 e. The van der Waals surface area contributed by atoms with Crippen molar-refractivity contribution in [3.8, 4) is 5.75 Å². The first kappa shape index (κ1) is 16.4. The van der Waals surface area contributed by atoms with Crippen molar-refractivity contribution < 1.29 is 9.53 Å². The second-order valence-electron chi connectivity index (χ2n) is 6.81. The Bertz CT molecular complexity index is 725. The Morgan fingerprint density at radius 2 is 1.75 bits per heavy atom. The van der Waals surface area contributed by atoms with Gasteiger partial charge in [-0.2, -0.15) is 0 Å². The summed E-state index contributed by atoms with van der Waals surface area (Å²) in [7, 11) is 0. The van der Waals surface area contributed by atoms with Crippen molar-refractivity contribution in [1.29, 1.82) is 0 Å². The summed E-state index contributed by atoms with van der Waals surface area (Å²) in [6.07, 6.45) is 1.04. The van der Waals surface area contributed by atoms with Gasteiger partial charge in [-0.15, -0.1) is 0 Å². The molecule has 0 saturated heterocycles. The van der Waals surface area contributed by atoms with E-state index < -0.39 is 5.66 Å². The largest absolute Gasteiger partial charge is 0.494 e. The van der Waals surface area contributed by atoms with Crippen LogP contribution in [-0.2, 0) is 5.66 Å². The maximum atomic E-state index is 12.4. The summed E-state index contributed by atoms with van der Waals surface area (Å²) in [6.45, 7) is 7.05. The lowest BCUT2D eigenvalue weighted by atomic mass is 9.96. The van der Waals surface area contributed by atoms with Gasteiger partial charge in [0.25, 0.3) is 5.91 Å². The Morgan fingerprint density at radius 1 is 1.04 bits per heavy atom. The topological polar surface area (TPSA) is 50.4 Å². The standard InChI is InChI=1S/C20H24N2O2/c1-14(2)12-13-24-16-10-8-15(9-11-16)20(3)21-18-7-5-4-6-17(18)19(23)22-20/h4-11,14,21H,12-13H2,1-3H3,(H,22,23). The lowest BCUT2D eigenvalue weighted by molar-refractivity contribution is 0.0906. The molecule has 0 aromatic heterocycles. The van der Waals surface area contributed by atoms with Gasteiger partial charge in [0, 0.05) is 5.69 Å². The van der Waals surface area contributed by atoms with E-state index >= 15 is 0 Å². The number of para-hydroxylation sites is 1. The van der Waals surface area contributed by atoms with Crippen LogP contribution >= 0.6 is 0 Å². The number of hydrogen-bond acceptors (Lipinski definition) is 3. The molecule has 1 amide bonds. The molecule has 3 rings (SSSR count). The van der Waals surface area contributed by atoms with Crippen LogP contribution in [-0.4, -0.2) is 12.5 Å². The van der Waals surface area contributed by atoms with E-state index in [0.717, 1.165) is 30.0 Å². The van der Waals surface area contributed by atoms with Crippen molar-refractivity contribution in [1.82, 2.24) is 5.32 Å². The zero-order chi connectivity index (χ0) is 17.2. The fraction of sp³-hybridized carbons (Fsp3) is 0.350. The van der Waals surface area contributed by atoms with Gasteiger partial charge in [-0.25, -0.2) is 0 Å². The molecule has 24 heavy (non-hydrogen) atoms. The third kappa shape index (κ3) is 3.37. The Kier molecular flexibility index (Phi) is 4.47. The minimum absolute atomic E-state index is 0.0656. The number of rotatable bonds is 5. The van der Waals surface area contributed by atoms with Crippen molar-refractivity contribution in [3.05, 3.63) is 59.7 Å². The highest BCUT2D eigenvalue weighted by molar-refractivity contribution is 6.02. The second kappa shape index (κ2) is 6.56. The highest BCUT2D eigenvalue weighted by atomic mass is 16.5. The van der Waals surface area contributed by atoms with Crippen LogP contribution in [0.3, 0.4) is 0 Å². The van der Waals surface area contributed by atoms with Crippen LogP contribution in [0.25, 0.3) is 0 Å². The van der Waals surface area contributed by atoms with Crippen LogP contribution in [0.2, 0.25) is 0 Å². The Morgan fingerprint density at radius 3 is 2.46 bits per heavy atom.